The van der Waals surface area contributed by atoms with E-state index in [1.165, 1.54) is 17.7 Å². The van der Waals surface area contributed by atoms with E-state index < -0.39 is 28.9 Å². The first kappa shape index (κ1) is 23.9. The normalized spacial score (nSPS) is 25.8. The van der Waals surface area contributed by atoms with E-state index in [1.807, 2.05) is 11.0 Å². The highest BCUT2D eigenvalue weighted by molar-refractivity contribution is 5.48. The Hall–Kier alpha value is -2.26. The van der Waals surface area contributed by atoms with Crippen LogP contribution in [0.4, 0.5) is 14.5 Å². The third-order valence-corrected chi connectivity index (χ3v) is 6.81. The molecule has 0 saturated carbocycles. The highest BCUT2D eigenvalue weighted by Gasteiger charge is 2.44. The third kappa shape index (κ3) is 5.46. The average Bonchev–Trinajstić information content (AvgIpc) is 2.78. The highest BCUT2D eigenvalue weighted by Crippen LogP contribution is 2.31. The topological polar surface area (TPSA) is 76.4 Å². The lowest BCUT2D eigenvalue weighted by Crippen LogP contribution is -2.62. The molecule has 2 heterocycles. The number of aryl methyl sites for hydroxylation is 1. The molecular formula is C25H32F2N2O4. The molecule has 0 spiro atoms. The monoisotopic (exact) mass is 462 g/mol. The van der Waals surface area contributed by atoms with Gasteiger partial charge in [0, 0.05) is 38.4 Å². The molecule has 180 valence electrons. The van der Waals surface area contributed by atoms with E-state index >= 15 is 0 Å². The number of hydrogen-bond donors (Lipinski definition) is 3. The molecule has 2 fully saturated rings. The summed E-state index contributed by atoms with van der Waals surface area (Å²) in [6.45, 7) is 4.06. The van der Waals surface area contributed by atoms with Crippen LogP contribution in [0.1, 0.15) is 24.8 Å². The maximum absolute atomic E-state index is 13.9. The van der Waals surface area contributed by atoms with Gasteiger partial charge in [-0.15, -0.1) is 0 Å². The number of anilines is 1. The molecule has 0 amide bonds. The van der Waals surface area contributed by atoms with E-state index in [4.69, 9.17) is 4.74 Å². The number of benzene rings is 2. The first-order valence-electron chi connectivity index (χ1n) is 11.4. The van der Waals surface area contributed by atoms with Gasteiger partial charge in [-0.1, -0.05) is 18.2 Å². The van der Waals surface area contributed by atoms with Crippen LogP contribution in [-0.2, 0) is 0 Å². The molecule has 0 aliphatic carbocycles. The maximum Gasteiger partial charge on any atom is 0.200 e. The largest absolute Gasteiger partial charge is 0.487 e. The Labute approximate surface area is 193 Å². The second-order valence-electron chi connectivity index (χ2n) is 9.51. The number of β-amino-alcohol motifs (C(OH)–C–C–N with tert-alkyl or cyclic N) is 2. The van der Waals surface area contributed by atoms with Crippen LogP contribution in [0.15, 0.2) is 42.5 Å². The van der Waals surface area contributed by atoms with Crippen LogP contribution in [0.5, 0.6) is 5.75 Å². The van der Waals surface area contributed by atoms with Crippen molar-refractivity contribution in [3.8, 4) is 5.75 Å². The zero-order valence-electron chi connectivity index (χ0n) is 18.9. The Balaban J connectivity index is 1.35. The molecule has 8 heteroatoms. The van der Waals surface area contributed by atoms with Crippen LogP contribution < -0.4 is 9.64 Å². The van der Waals surface area contributed by atoms with Crippen LogP contribution >= 0.6 is 0 Å². The predicted octanol–water partition coefficient (Wildman–Crippen LogP) is 2.48. The molecule has 0 bridgehead atoms. The van der Waals surface area contributed by atoms with Gasteiger partial charge in [0.2, 0.25) is 5.82 Å². The highest BCUT2D eigenvalue weighted by atomic mass is 19.2. The van der Waals surface area contributed by atoms with Crippen LogP contribution in [0.3, 0.4) is 0 Å². The molecule has 2 aliphatic rings. The van der Waals surface area contributed by atoms with Crippen molar-refractivity contribution in [2.45, 2.75) is 43.5 Å². The Morgan fingerprint density at radius 3 is 2.52 bits per heavy atom. The molecule has 4 rings (SSSR count). The molecule has 6 nitrogen and oxygen atoms in total. The minimum Gasteiger partial charge on any atom is -0.487 e. The van der Waals surface area contributed by atoms with Crippen molar-refractivity contribution >= 4 is 5.69 Å². The number of nitrogens with zero attached hydrogens (tertiary/aromatic N) is 2. The van der Waals surface area contributed by atoms with E-state index in [1.54, 1.807) is 0 Å². The van der Waals surface area contributed by atoms with Crippen molar-refractivity contribution in [3.05, 3.63) is 59.7 Å². The fourth-order valence-corrected chi connectivity index (χ4v) is 4.80. The Morgan fingerprint density at radius 1 is 1.06 bits per heavy atom. The molecule has 2 aromatic carbocycles. The lowest BCUT2D eigenvalue weighted by Gasteiger charge is -2.46. The summed E-state index contributed by atoms with van der Waals surface area (Å²) < 4.78 is 32.7. The lowest BCUT2D eigenvalue weighted by atomic mass is 9.86. The molecule has 0 aromatic heterocycles. The van der Waals surface area contributed by atoms with Crippen molar-refractivity contribution in [1.82, 2.24) is 4.90 Å². The number of rotatable bonds is 6. The van der Waals surface area contributed by atoms with Crippen LogP contribution in [-0.4, -0.2) is 76.9 Å². The van der Waals surface area contributed by atoms with Crippen LogP contribution in [0.25, 0.3) is 0 Å². The number of likely N-dealkylation sites (tertiary alicyclic amines) is 1. The molecular weight excluding hydrogens is 430 g/mol. The predicted molar refractivity (Wildman–Crippen MR) is 121 cm³/mol. The summed E-state index contributed by atoms with van der Waals surface area (Å²) in [5, 5.41) is 32.7. The van der Waals surface area contributed by atoms with Gasteiger partial charge in [0.05, 0.1) is 11.7 Å². The second-order valence-corrected chi connectivity index (χ2v) is 9.51. The zero-order valence-corrected chi connectivity index (χ0v) is 18.9. The standard InChI is InChI=1S/C25H32F2N2O4/c1-18-4-2-5-19(14-18)29-12-9-24(31,10-13-29)15-28-11-8-22(30)25(32,16-28)17-33-21-7-3-6-20(26)23(21)27/h2-7,14,22,30-32H,8-13,15-17H2,1H3/t22-,25-/m0/s1. The number of aliphatic hydroxyl groups is 3. The van der Waals surface area contributed by atoms with Gasteiger partial charge in [0.25, 0.3) is 0 Å². The summed E-state index contributed by atoms with van der Waals surface area (Å²) in [5.41, 5.74) is -0.219. The second kappa shape index (κ2) is 9.54. The third-order valence-electron chi connectivity index (χ3n) is 6.81. The van der Waals surface area contributed by atoms with E-state index in [9.17, 15) is 24.1 Å². The first-order valence-corrected chi connectivity index (χ1v) is 11.4. The van der Waals surface area contributed by atoms with Crippen molar-refractivity contribution < 1.29 is 28.8 Å². The Morgan fingerprint density at radius 2 is 1.79 bits per heavy atom. The minimum absolute atomic E-state index is 0.0645. The molecule has 2 aliphatic heterocycles. The van der Waals surface area contributed by atoms with Gasteiger partial charge in [-0.05, 0) is 56.0 Å². The van der Waals surface area contributed by atoms with Crippen LogP contribution in [0, 0.1) is 18.6 Å². The van der Waals surface area contributed by atoms with E-state index in [-0.39, 0.29) is 25.3 Å². The molecule has 0 radical (unpaired) electrons. The maximum atomic E-state index is 13.9. The number of hydrogen-bond acceptors (Lipinski definition) is 6. The van der Waals surface area contributed by atoms with Crippen molar-refractivity contribution in [1.29, 1.82) is 0 Å². The molecule has 2 saturated heterocycles. The molecule has 3 N–H and O–H groups in total. The van der Waals surface area contributed by atoms with Gasteiger partial charge in [-0.2, -0.15) is 4.39 Å². The number of piperidine rings is 2. The summed E-state index contributed by atoms with van der Waals surface area (Å²) in [4.78, 5) is 4.18. The summed E-state index contributed by atoms with van der Waals surface area (Å²) in [6.07, 6.45) is 0.396. The first-order chi connectivity index (χ1) is 15.7. The summed E-state index contributed by atoms with van der Waals surface area (Å²) in [7, 11) is 0. The van der Waals surface area contributed by atoms with E-state index in [0.29, 0.717) is 25.9 Å². The average molecular weight is 463 g/mol. The van der Waals surface area contributed by atoms with Gasteiger partial charge >= 0.3 is 0 Å². The van der Waals surface area contributed by atoms with E-state index in [0.717, 1.165) is 24.8 Å². The van der Waals surface area contributed by atoms with Crippen molar-refractivity contribution in [3.63, 3.8) is 0 Å². The Bertz CT molecular complexity index is 967. The fourth-order valence-electron chi connectivity index (χ4n) is 4.80. The van der Waals surface area contributed by atoms with Crippen molar-refractivity contribution in [2.24, 2.45) is 0 Å². The molecule has 2 aromatic rings. The molecule has 33 heavy (non-hydrogen) atoms. The zero-order chi connectivity index (χ0) is 23.6. The summed E-state index contributed by atoms with van der Waals surface area (Å²) >= 11 is 0. The van der Waals surface area contributed by atoms with Crippen LogP contribution in [0.2, 0.25) is 0 Å². The van der Waals surface area contributed by atoms with Crippen molar-refractivity contribution in [2.75, 3.05) is 44.2 Å². The number of halogens is 2. The van der Waals surface area contributed by atoms with Gasteiger partial charge in [0.15, 0.2) is 11.6 Å². The smallest absolute Gasteiger partial charge is 0.200 e. The number of ether oxygens (including phenoxy) is 1. The summed E-state index contributed by atoms with van der Waals surface area (Å²) in [5.74, 6) is -2.47. The summed E-state index contributed by atoms with van der Waals surface area (Å²) in [6, 6.07) is 11.9. The number of aliphatic hydroxyl groups excluding tert-OH is 1. The van der Waals surface area contributed by atoms with Gasteiger partial charge in [-0.25, -0.2) is 4.39 Å². The van der Waals surface area contributed by atoms with Gasteiger partial charge in [-0.3, -0.25) is 4.90 Å². The van der Waals surface area contributed by atoms with Gasteiger partial charge in [0.1, 0.15) is 12.2 Å². The lowest BCUT2D eigenvalue weighted by molar-refractivity contribution is -0.149. The minimum atomic E-state index is -1.66. The van der Waals surface area contributed by atoms with Gasteiger partial charge < -0.3 is 25.0 Å². The molecule has 2 atom stereocenters. The fraction of sp³-hybridized carbons (Fsp3) is 0.520. The Kier molecular flexibility index (Phi) is 6.91. The molecule has 0 unspecified atom stereocenters. The SMILES string of the molecule is Cc1cccc(N2CCC(O)(CN3CC[C@H](O)[C@@](O)(COc4cccc(F)c4F)C3)CC2)c1. The van der Waals surface area contributed by atoms with E-state index in [2.05, 4.69) is 30.0 Å². The quantitative estimate of drug-likeness (QED) is 0.613.